The van der Waals surface area contributed by atoms with Gasteiger partial charge in [0.2, 0.25) is 0 Å². The van der Waals surface area contributed by atoms with Crippen molar-refractivity contribution in [1.82, 2.24) is 10.2 Å². The van der Waals surface area contributed by atoms with Crippen LogP contribution in [-0.4, -0.2) is 42.8 Å². The second-order valence-corrected chi connectivity index (χ2v) is 6.53. The highest BCUT2D eigenvalue weighted by Crippen LogP contribution is 2.29. The number of hydrogen-bond acceptors (Lipinski definition) is 2. The first-order chi connectivity index (χ1) is 9.61. The Morgan fingerprint density at radius 3 is 2.45 bits per heavy atom. The third kappa shape index (κ3) is 3.87. The summed E-state index contributed by atoms with van der Waals surface area (Å²) >= 11 is 0. The van der Waals surface area contributed by atoms with Crippen LogP contribution in [0.15, 0.2) is 0 Å². The lowest BCUT2D eigenvalue weighted by Crippen LogP contribution is -2.52. The van der Waals surface area contributed by atoms with Crippen LogP contribution in [0.3, 0.4) is 0 Å². The standard InChI is InChI=1S/C16H30N2O2/c1-4-18(11-14-9-6-10-20-14)16(19)17-15-12(2)7-5-8-13(15)3/h12-15H,4-11H2,1-3H3,(H,17,19)/t12-,13+,14-,15?/m1/s1. The van der Waals surface area contributed by atoms with Gasteiger partial charge in [0.15, 0.2) is 0 Å². The van der Waals surface area contributed by atoms with Gasteiger partial charge in [-0.05, 0) is 44.4 Å². The quantitative estimate of drug-likeness (QED) is 0.861. The topological polar surface area (TPSA) is 41.6 Å². The predicted octanol–water partition coefficient (Wildman–Crippen LogP) is 3.02. The van der Waals surface area contributed by atoms with Crippen LogP contribution < -0.4 is 5.32 Å². The monoisotopic (exact) mass is 282 g/mol. The zero-order chi connectivity index (χ0) is 14.5. The minimum Gasteiger partial charge on any atom is -0.376 e. The van der Waals surface area contributed by atoms with E-state index in [9.17, 15) is 4.79 Å². The first-order valence-corrected chi connectivity index (χ1v) is 8.28. The largest absolute Gasteiger partial charge is 0.376 e. The summed E-state index contributed by atoms with van der Waals surface area (Å²) in [5.41, 5.74) is 0. The first-order valence-electron chi connectivity index (χ1n) is 8.28. The molecule has 1 aliphatic heterocycles. The average molecular weight is 282 g/mol. The van der Waals surface area contributed by atoms with E-state index in [1.54, 1.807) is 0 Å². The van der Waals surface area contributed by atoms with Crippen LogP contribution in [0.2, 0.25) is 0 Å². The molecule has 1 heterocycles. The van der Waals surface area contributed by atoms with Gasteiger partial charge in [0.25, 0.3) is 0 Å². The molecular weight excluding hydrogens is 252 g/mol. The molecule has 0 radical (unpaired) electrons. The molecule has 2 amide bonds. The maximum absolute atomic E-state index is 12.5. The lowest BCUT2D eigenvalue weighted by Gasteiger charge is -2.37. The van der Waals surface area contributed by atoms with Crippen LogP contribution in [0.25, 0.3) is 0 Å². The molecule has 1 saturated carbocycles. The van der Waals surface area contributed by atoms with Gasteiger partial charge in [-0.3, -0.25) is 0 Å². The summed E-state index contributed by atoms with van der Waals surface area (Å²) in [5, 5.41) is 3.27. The van der Waals surface area contributed by atoms with Gasteiger partial charge < -0.3 is 15.0 Å². The van der Waals surface area contributed by atoms with Crippen LogP contribution in [0.1, 0.15) is 52.9 Å². The smallest absolute Gasteiger partial charge is 0.317 e. The third-order valence-electron chi connectivity index (χ3n) is 4.95. The lowest BCUT2D eigenvalue weighted by molar-refractivity contribution is 0.0801. The molecule has 0 aromatic carbocycles. The Hall–Kier alpha value is -0.770. The van der Waals surface area contributed by atoms with E-state index in [1.165, 1.54) is 19.3 Å². The summed E-state index contributed by atoms with van der Waals surface area (Å²) < 4.78 is 5.65. The molecule has 0 spiro atoms. The summed E-state index contributed by atoms with van der Waals surface area (Å²) in [6.07, 6.45) is 6.20. The van der Waals surface area contributed by atoms with E-state index >= 15 is 0 Å². The van der Waals surface area contributed by atoms with E-state index in [0.717, 1.165) is 32.5 Å². The number of likely N-dealkylation sites (N-methyl/N-ethyl adjacent to an activating group) is 1. The van der Waals surface area contributed by atoms with Crippen molar-refractivity contribution >= 4 is 6.03 Å². The van der Waals surface area contributed by atoms with E-state index in [2.05, 4.69) is 19.2 Å². The number of carbonyl (C=O) groups is 1. The Kier molecular flexibility index (Phi) is 5.70. The number of nitrogens with zero attached hydrogens (tertiary/aromatic N) is 1. The molecule has 1 saturated heterocycles. The molecule has 2 fully saturated rings. The Balaban J connectivity index is 1.87. The summed E-state index contributed by atoms with van der Waals surface area (Å²) in [7, 11) is 0. The van der Waals surface area contributed by atoms with Crippen LogP contribution in [0, 0.1) is 11.8 Å². The van der Waals surface area contributed by atoms with Crippen molar-refractivity contribution in [3.63, 3.8) is 0 Å². The fourth-order valence-corrected chi connectivity index (χ4v) is 3.59. The Morgan fingerprint density at radius 1 is 1.20 bits per heavy atom. The van der Waals surface area contributed by atoms with Crippen molar-refractivity contribution in [2.24, 2.45) is 11.8 Å². The second kappa shape index (κ2) is 7.30. The van der Waals surface area contributed by atoms with E-state index < -0.39 is 0 Å². The third-order valence-corrected chi connectivity index (χ3v) is 4.95. The summed E-state index contributed by atoms with van der Waals surface area (Å²) in [4.78, 5) is 14.4. The minimum atomic E-state index is 0.0913. The van der Waals surface area contributed by atoms with Crippen LogP contribution in [-0.2, 0) is 4.74 Å². The van der Waals surface area contributed by atoms with Gasteiger partial charge in [-0.25, -0.2) is 4.79 Å². The zero-order valence-electron chi connectivity index (χ0n) is 13.2. The Labute approximate surface area is 123 Å². The van der Waals surface area contributed by atoms with E-state index in [1.807, 2.05) is 11.8 Å². The number of rotatable bonds is 4. The first kappa shape index (κ1) is 15.6. The zero-order valence-corrected chi connectivity index (χ0v) is 13.2. The number of nitrogens with one attached hydrogen (secondary N) is 1. The van der Waals surface area contributed by atoms with Crippen molar-refractivity contribution in [3.05, 3.63) is 0 Å². The van der Waals surface area contributed by atoms with Crippen molar-refractivity contribution in [2.75, 3.05) is 19.7 Å². The second-order valence-electron chi connectivity index (χ2n) is 6.53. The molecule has 4 atom stereocenters. The van der Waals surface area contributed by atoms with Gasteiger partial charge in [0, 0.05) is 25.7 Å². The van der Waals surface area contributed by atoms with E-state index in [4.69, 9.17) is 4.74 Å². The molecule has 1 N–H and O–H groups in total. The molecule has 2 rings (SSSR count). The Bertz CT molecular complexity index is 306. The molecule has 20 heavy (non-hydrogen) atoms. The maximum atomic E-state index is 12.5. The van der Waals surface area contributed by atoms with Crippen molar-refractivity contribution in [1.29, 1.82) is 0 Å². The van der Waals surface area contributed by atoms with E-state index in [0.29, 0.717) is 17.9 Å². The number of urea groups is 1. The lowest BCUT2D eigenvalue weighted by atomic mass is 9.79. The Morgan fingerprint density at radius 2 is 1.90 bits per heavy atom. The predicted molar refractivity (Wildman–Crippen MR) is 80.7 cm³/mol. The average Bonchev–Trinajstić information content (AvgIpc) is 2.93. The molecule has 4 heteroatoms. The molecule has 1 aliphatic carbocycles. The molecule has 4 nitrogen and oxygen atoms in total. The van der Waals surface area contributed by atoms with Crippen LogP contribution in [0.4, 0.5) is 4.79 Å². The number of amides is 2. The highest BCUT2D eigenvalue weighted by molar-refractivity contribution is 5.74. The molecule has 0 bridgehead atoms. The molecule has 0 aromatic rings. The number of ether oxygens (including phenoxy) is 1. The molecule has 2 aliphatic rings. The summed E-state index contributed by atoms with van der Waals surface area (Å²) in [6.45, 7) is 8.90. The minimum absolute atomic E-state index is 0.0913. The van der Waals surface area contributed by atoms with Crippen LogP contribution in [0.5, 0.6) is 0 Å². The number of carbonyl (C=O) groups excluding carboxylic acids is 1. The molecule has 1 unspecified atom stereocenters. The molecular formula is C16H30N2O2. The van der Waals surface area contributed by atoms with Crippen molar-refractivity contribution in [3.8, 4) is 0 Å². The maximum Gasteiger partial charge on any atom is 0.317 e. The normalized spacial score (nSPS) is 34.0. The van der Waals surface area contributed by atoms with Crippen LogP contribution >= 0.6 is 0 Å². The highest BCUT2D eigenvalue weighted by Gasteiger charge is 2.30. The fraction of sp³-hybridized carbons (Fsp3) is 0.938. The van der Waals surface area contributed by atoms with Gasteiger partial charge >= 0.3 is 6.03 Å². The van der Waals surface area contributed by atoms with Crippen molar-refractivity contribution in [2.45, 2.75) is 65.0 Å². The molecule has 0 aromatic heterocycles. The van der Waals surface area contributed by atoms with Gasteiger partial charge in [-0.2, -0.15) is 0 Å². The van der Waals surface area contributed by atoms with Gasteiger partial charge in [-0.15, -0.1) is 0 Å². The van der Waals surface area contributed by atoms with Gasteiger partial charge in [0.05, 0.1) is 6.10 Å². The van der Waals surface area contributed by atoms with Gasteiger partial charge in [-0.1, -0.05) is 20.3 Å². The number of hydrogen-bond donors (Lipinski definition) is 1. The SMILES string of the molecule is CCN(C[C@H]1CCCO1)C(=O)NC1[C@H](C)CCC[C@@H]1C. The van der Waals surface area contributed by atoms with E-state index in [-0.39, 0.29) is 12.1 Å². The highest BCUT2D eigenvalue weighted by atomic mass is 16.5. The van der Waals surface area contributed by atoms with Crippen molar-refractivity contribution < 1.29 is 9.53 Å². The summed E-state index contributed by atoms with van der Waals surface area (Å²) in [5.74, 6) is 1.17. The fourth-order valence-electron chi connectivity index (χ4n) is 3.59. The summed E-state index contributed by atoms with van der Waals surface area (Å²) in [6, 6.07) is 0.420. The molecule has 116 valence electrons. The van der Waals surface area contributed by atoms with Gasteiger partial charge in [0.1, 0.15) is 0 Å².